The molecule has 0 radical (unpaired) electrons. The molecule has 1 N–H and O–H groups in total. The van der Waals surface area contributed by atoms with Gasteiger partial charge in [-0.05, 0) is 61.9 Å². The van der Waals surface area contributed by atoms with Crippen molar-refractivity contribution in [1.82, 2.24) is 9.97 Å². The highest BCUT2D eigenvalue weighted by Gasteiger charge is 2.07. The van der Waals surface area contributed by atoms with Crippen LogP contribution in [0.5, 0.6) is 5.75 Å². The Morgan fingerprint density at radius 3 is 2.39 bits per heavy atom. The van der Waals surface area contributed by atoms with E-state index in [0.29, 0.717) is 17.5 Å². The summed E-state index contributed by atoms with van der Waals surface area (Å²) < 4.78 is 19.4. The van der Waals surface area contributed by atoms with Crippen LogP contribution in [0.15, 0.2) is 60.9 Å². The Morgan fingerprint density at radius 1 is 0.970 bits per heavy atom. The summed E-state index contributed by atoms with van der Waals surface area (Å²) in [5, 5.41) is 9.33. The molecule has 4 nitrogen and oxygen atoms in total. The van der Waals surface area contributed by atoms with Gasteiger partial charge in [-0.15, -0.1) is 0 Å². The quantitative estimate of drug-likeness (QED) is 0.293. The molecule has 0 aliphatic heterocycles. The number of nitrogens with zero attached hydrogens (tertiary/aromatic N) is 2. The molecule has 0 aliphatic rings. The average Bonchev–Trinajstić information content (AvgIpc) is 2.84. The molecule has 0 amide bonds. The molecule has 0 spiro atoms. The van der Waals surface area contributed by atoms with Gasteiger partial charge in [-0.1, -0.05) is 56.2 Å². The molecule has 0 saturated heterocycles. The summed E-state index contributed by atoms with van der Waals surface area (Å²) >= 11 is 0. The van der Waals surface area contributed by atoms with Crippen LogP contribution in [0.3, 0.4) is 0 Å². The Morgan fingerprint density at radius 2 is 1.70 bits per heavy atom. The minimum absolute atomic E-state index is 0.330. The number of allylic oxidation sites excluding steroid dienone is 1. The zero-order valence-electron chi connectivity index (χ0n) is 19.5. The van der Waals surface area contributed by atoms with Gasteiger partial charge in [0.1, 0.15) is 0 Å². The normalized spacial score (nSPS) is 12.3. The van der Waals surface area contributed by atoms with E-state index in [0.717, 1.165) is 49.0 Å². The Bertz CT molecular complexity index is 1020. The fourth-order valence-electron chi connectivity index (χ4n) is 3.52. The average molecular weight is 449 g/mol. The topological polar surface area (TPSA) is 55.2 Å². The van der Waals surface area contributed by atoms with Crippen LogP contribution >= 0.6 is 0 Å². The van der Waals surface area contributed by atoms with Gasteiger partial charge in [0.2, 0.25) is 0 Å². The van der Waals surface area contributed by atoms with E-state index in [9.17, 15) is 9.50 Å². The molecule has 1 aromatic heterocycles. The minimum atomic E-state index is -0.686. The molecule has 0 saturated carbocycles. The second-order valence-electron chi connectivity index (χ2n) is 8.31. The van der Waals surface area contributed by atoms with Crippen LogP contribution in [-0.4, -0.2) is 27.8 Å². The number of hydrogen-bond donors (Lipinski definition) is 1. The lowest BCUT2D eigenvalue weighted by molar-refractivity contribution is 0.0566. The number of aromatic hydroxyl groups is 1. The number of hydrogen-bond acceptors (Lipinski definition) is 4. The fraction of sp³-hybridized carbons (Fsp3) is 0.357. The molecular formula is C28H33FN2O2. The van der Waals surface area contributed by atoms with Crippen molar-refractivity contribution in [3.63, 3.8) is 0 Å². The molecule has 174 valence electrons. The van der Waals surface area contributed by atoms with Gasteiger partial charge in [-0.25, -0.2) is 14.4 Å². The summed E-state index contributed by atoms with van der Waals surface area (Å²) in [5.41, 5.74) is 3.58. The first-order valence-corrected chi connectivity index (χ1v) is 11.8. The van der Waals surface area contributed by atoms with E-state index in [2.05, 4.69) is 48.1 Å². The minimum Gasteiger partial charge on any atom is -0.505 e. The monoisotopic (exact) mass is 448 g/mol. The zero-order chi connectivity index (χ0) is 23.5. The van der Waals surface area contributed by atoms with Crippen LogP contribution in [0.25, 0.3) is 28.6 Å². The van der Waals surface area contributed by atoms with Crippen LogP contribution in [0.2, 0.25) is 0 Å². The highest BCUT2D eigenvalue weighted by Crippen LogP contribution is 2.24. The lowest BCUT2D eigenvalue weighted by Crippen LogP contribution is -2.08. The lowest BCUT2D eigenvalue weighted by atomic mass is 10.1. The maximum atomic E-state index is 13.6. The first-order chi connectivity index (χ1) is 16.1. The van der Waals surface area contributed by atoms with Crippen molar-refractivity contribution >= 4 is 6.08 Å². The summed E-state index contributed by atoms with van der Waals surface area (Å²) in [4.78, 5) is 8.69. The third kappa shape index (κ3) is 7.79. The number of halogens is 1. The van der Waals surface area contributed by atoms with E-state index in [1.165, 1.54) is 25.0 Å². The number of ether oxygens (including phenoxy) is 1. The van der Waals surface area contributed by atoms with Gasteiger partial charge in [0.25, 0.3) is 0 Å². The predicted octanol–water partition coefficient (Wildman–Crippen LogP) is 7.43. The number of aromatic nitrogens is 2. The van der Waals surface area contributed by atoms with Gasteiger partial charge in [-0.2, -0.15) is 0 Å². The van der Waals surface area contributed by atoms with Gasteiger partial charge < -0.3 is 9.84 Å². The number of phenolic OH excluding ortho intramolecular Hbond substituents is 1. The van der Waals surface area contributed by atoms with Gasteiger partial charge in [0, 0.05) is 30.1 Å². The first kappa shape index (κ1) is 24.6. The standard InChI is InChI=1S/C28H33FN2O2/c1-3-4-8-17-33-21(2)9-6-5-7-10-22-11-13-23(14-12-22)25-19-30-28(31-20-25)24-15-16-27(32)26(29)18-24/h7,10-16,18-21,32H,3-6,8-9,17H2,1-2H3. The molecule has 0 bridgehead atoms. The van der Waals surface area contributed by atoms with Gasteiger partial charge >= 0.3 is 0 Å². The molecule has 3 rings (SSSR count). The molecule has 2 aromatic carbocycles. The number of rotatable bonds is 12. The number of benzene rings is 2. The van der Waals surface area contributed by atoms with Crippen LogP contribution in [-0.2, 0) is 4.74 Å². The Labute approximate surface area is 196 Å². The molecular weight excluding hydrogens is 415 g/mol. The van der Waals surface area contributed by atoms with Crippen molar-refractivity contribution in [1.29, 1.82) is 0 Å². The third-order valence-corrected chi connectivity index (χ3v) is 5.54. The van der Waals surface area contributed by atoms with Crippen molar-refractivity contribution in [3.8, 4) is 28.3 Å². The summed E-state index contributed by atoms with van der Waals surface area (Å²) in [6.45, 7) is 5.24. The number of phenols is 1. The molecule has 0 aliphatic carbocycles. The van der Waals surface area contributed by atoms with Crippen molar-refractivity contribution in [3.05, 3.63) is 72.3 Å². The number of unbranched alkanes of at least 4 members (excludes halogenated alkanes) is 3. The summed E-state index contributed by atoms with van der Waals surface area (Å²) in [6.07, 6.45) is 15.0. The smallest absolute Gasteiger partial charge is 0.165 e. The molecule has 1 atom stereocenters. The maximum absolute atomic E-state index is 13.6. The highest BCUT2D eigenvalue weighted by molar-refractivity contribution is 5.66. The van der Waals surface area contributed by atoms with Crippen LogP contribution in [0, 0.1) is 5.82 Å². The molecule has 0 fully saturated rings. The van der Waals surface area contributed by atoms with Gasteiger partial charge in [-0.3, -0.25) is 0 Å². The van der Waals surface area contributed by atoms with E-state index in [1.807, 2.05) is 12.1 Å². The second-order valence-corrected chi connectivity index (χ2v) is 8.31. The van der Waals surface area contributed by atoms with E-state index in [1.54, 1.807) is 18.5 Å². The van der Waals surface area contributed by atoms with Crippen molar-refractivity contribution in [2.24, 2.45) is 0 Å². The largest absolute Gasteiger partial charge is 0.505 e. The second kappa shape index (κ2) is 12.9. The molecule has 33 heavy (non-hydrogen) atoms. The summed E-state index contributed by atoms with van der Waals surface area (Å²) in [5.74, 6) is -0.655. The predicted molar refractivity (Wildman–Crippen MR) is 132 cm³/mol. The van der Waals surface area contributed by atoms with Crippen molar-refractivity contribution in [2.75, 3.05) is 6.61 Å². The third-order valence-electron chi connectivity index (χ3n) is 5.54. The summed E-state index contributed by atoms with van der Waals surface area (Å²) in [6, 6.07) is 12.4. The molecule has 1 heterocycles. The van der Waals surface area contributed by atoms with E-state index < -0.39 is 5.82 Å². The van der Waals surface area contributed by atoms with Crippen molar-refractivity contribution < 1.29 is 14.2 Å². The first-order valence-electron chi connectivity index (χ1n) is 11.8. The molecule has 1 unspecified atom stereocenters. The fourth-order valence-corrected chi connectivity index (χ4v) is 3.52. The Hall–Kier alpha value is -3.05. The van der Waals surface area contributed by atoms with Gasteiger partial charge in [0.15, 0.2) is 17.4 Å². The van der Waals surface area contributed by atoms with Crippen LogP contribution < -0.4 is 0 Å². The van der Waals surface area contributed by atoms with Crippen LogP contribution in [0.4, 0.5) is 4.39 Å². The molecule has 3 aromatic rings. The molecule has 5 heteroatoms. The summed E-state index contributed by atoms with van der Waals surface area (Å²) in [7, 11) is 0. The Balaban J connectivity index is 1.47. The van der Waals surface area contributed by atoms with Gasteiger partial charge in [0.05, 0.1) is 6.10 Å². The van der Waals surface area contributed by atoms with Crippen LogP contribution in [0.1, 0.15) is 57.9 Å². The van der Waals surface area contributed by atoms with E-state index in [-0.39, 0.29) is 5.75 Å². The Kier molecular flexibility index (Phi) is 9.58. The van der Waals surface area contributed by atoms with E-state index in [4.69, 9.17) is 4.74 Å². The van der Waals surface area contributed by atoms with Crippen molar-refractivity contribution in [2.45, 2.75) is 58.5 Å². The maximum Gasteiger partial charge on any atom is 0.165 e. The highest BCUT2D eigenvalue weighted by atomic mass is 19.1. The lowest BCUT2D eigenvalue weighted by Gasteiger charge is -2.12. The van der Waals surface area contributed by atoms with E-state index >= 15 is 0 Å². The zero-order valence-corrected chi connectivity index (χ0v) is 19.5. The SMILES string of the molecule is CCCCCOC(C)CCCC=Cc1ccc(-c2cnc(-c3ccc(O)c(F)c3)nc2)cc1.